The van der Waals surface area contributed by atoms with Crippen molar-refractivity contribution in [2.24, 2.45) is 23.7 Å². The molecule has 0 aliphatic rings. The number of carboxylic acids is 1. The monoisotopic (exact) mass is 1650 g/mol. The molecule has 114 heavy (non-hydrogen) atoms. The molecule has 0 aromatic heterocycles. The van der Waals surface area contributed by atoms with Gasteiger partial charge in [0.05, 0.1) is 6.54 Å². The van der Waals surface area contributed by atoms with Crippen molar-refractivity contribution in [1.29, 1.82) is 0 Å². The van der Waals surface area contributed by atoms with Gasteiger partial charge in [0.25, 0.3) is 0 Å². The molecule has 0 bridgehead atoms. The van der Waals surface area contributed by atoms with Gasteiger partial charge in [0.15, 0.2) is 0 Å². The molecule has 0 aliphatic carbocycles. The van der Waals surface area contributed by atoms with Gasteiger partial charge < -0.3 is 59.0 Å². The summed E-state index contributed by atoms with van der Waals surface area (Å²) < 4.78 is 0. The third-order valence-corrected chi connectivity index (χ3v) is 12.7. The average molecular weight is 1650 g/mol. The van der Waals surface area contributed by atoms with Crippen LogP contribution in [-0.4, -0.2) is 410 Å². The fourth-order valence-electron chi connectivity index (χ4n) is 7.06. The van der Waals surface area contributed by atoms with E-state index in [1.807, 2.05) is 11.9 Å². The number of carbonyl (C=O) groups is 1. The largest absolute Gasteiger partial charge is 0.480 e. The van der Waals surface area contributed by atoms with Gasteiger partial charge >= 0.3 is 104 Å². The van der Waals surface area contributed by atoms with Gasteiger partial charge in [0.2, 0.25) is 0 Å². The lowest BCUT2D eigenvalue weighted by atomic mass is 10.0. The van der Waals surface area contributed by atoms with Crippen molar-refractivity contribution >= 4 is 104 Å². The van der Waals surface area contributed by atoms with Gasteiger partial charge in [-0.2, -0.15) is 153 Å². The predicted molar refractivity (Wildman–Crippen MR) is 374 cm³/mol. The third-order valence-electron chi connectivity index (χ3n) is 12.7. The topological polar surface area (TPSA) is 622 Å². The van der Waals surface area contributed by atoms with Crippen molar-refractivity contribution in [3.05, 3.63) is 0 Å². The Labute approximate surface area is 666 Å². The second-order valence-corrected chi connectivity index (χ2v) is 23.4. The molecule has 3 unspecified atom stereocenters. The fourth-order valence-corrected chi connectivity index (χ4v) is 7.06. The maximum Gasteiger partial charge on any atom is 0.373 e. The zero-order valence-electron chi connectivity index (χ0n) is 70.6. The van der Waals surface area contributed by atoms with E-state index < -0.39 is 5.97 Å². The number of hydrogen-bond donors (Lipinski definition) is 1. The van der Waals surface area contributed by atoms with Crippen LogP contribution >= 0.6 is 0 Å². The maximum absolute atomic E-state index is 10.6. The number of aliphatic carboxylic acids is 1. The molecular weight excluding hydrogens is 1530 g/mol. The lowest BCUT2D eigenvalue weighted by Crippen LogP contribution is -2.45. The number of carboxylic acid groups (broad SMARTS) is 1. The second kappa shape index (κ2) is 151. The van der Waals surface area contributed by atoms with Gasteiger partial charge in [-0.3, -0.25) is 9.69 Å². The standard InChI is InChI=1S/C13H29N3O2.3C13H31N3.16CO2/c1-12(2)10-16(8-6-14(3)4)9-7-15(5)11-13(17)18;1-12(2)13(3)16(7)11-10-15(6)9-8-14(4)5;1-8-15(6)9-10-16(7)11-13(12(2)3)14(4)5;1-8-15(6)9-10-16(7)13(12(2)3)11-14(4)5;16*2-1-3/h12H,6-11H2,1-5H3,(H,17,18);3*12-13H,8-11H2,1-7H3;;;;;;;;;;;;;;;;. The van der Waals surface area contributed by atoms with Crippen LogP contribution in [0.15, 0.2) is 0 Å². The summed E-state index contributed by atoms with van der Waals surface area (Å²) in [6.45, 7) is 43.7. The molecule has 1 N–H and O–H groups in total. The van der Waals surface area contributed by atoms with E-state index in [9.17, 15) is 4.79 Å². The number of rotatable bonds is 34. The second-order valence-electron chi connectivity index (χ2n) is 23.4. The number of carbonyl (C=O) groups excluding carboxylic acids is 32. The van der Waals surface area contributed by atoms with E-state index in [-0.39, 0.29) is 105 Å². The first-order chi connectivity index (χ1) is 53.0. The molecule has 0 spiro atoms. The molecule has 0 rings (SSSR count). The first-order valence-corrected chi connectivity index (χ1v) is 32.3. The Kier molecular flexibility index (Phi) is 206. The van der Waals surface area contributed by atoms with E-state index in [4.69, 9.17) is 159 Å². The molecule has 46 heteroatoms. The fraction of sp³-hybridized carbons (Fsp3) is 0.750. The molecule has 3 atom stereocenters. The van der Waals surface area contributed by atoms with Crippen molar-refractivity contribution in [1.82, 2.24) is 58.8 Å². The van der Waals surface area contributed by atoms with E-state index in [1.54, 1.807) is 0 Å². The molecule has 46 nitrogen and oxygen atoms in total. The molecule has 658 valence electrons. The minimum atomic E-state index is -0.763. The first-order valence-electron chi connectivity index (χ1n) is 32.3. The Morgan fingerprint density at radius 2 is 0.482 bits per heavy atom. The smallest absolute Gasteiger partial charge is 0.373 e. The number of hydrogen-bond acceptors (Lipinski definition) is 45. The first kappa shape index (κ1) is 156. The Morgan fingerprint density at radius 1 is 0.254 bits per heavy atom. The van der Waals surface area contributed by atoms with Crippen LogP contribution in [0.25, 0.3) is 0 Å². The summed E-state index contributed by atoms with van der Waals surface area (Å²) >= 11 is 0. The molecule has 0 saturated heterocycles. The molecule has 0 aromatic rings. The van der Waals surface area contributed by atoms with Crippen molar-refractivity contribution in [3.63, 3.8) is 0 Å². The van der Waals surface area contributed by atoms with Crippen molar-refractivity contribution in [2.45, 2.75) is 94.3 Å². The van der Waals surface area contributed by atoms with Gasteiger partial charge in [-0.25, -0.2) is 0 Å². The van der Waals surface area contributed by atoms with Crippen LogP contribution in [0.5, 0.6) is 0 Å². The molecule has 0 amide bonds. The Morgan fingerprint density at radius 3 is 0.711 bits per heavy atom. The highest BCUT2D eigenvalue weighted by atomic mass is 16.4. The summed E-state index contributed by atoms with van der Waals surface area (Å²) in [7, 11) is 32.2. The van der Waals surface area contributed by atoms with Crippen LogP contribution < -0.4 is 0 Å². The van der Waals surface area contributed by atoms with Gasteiger partial charge in [-0.1, -0.05) is 69.2 Å². The van der Waals surface area contributed by atoms with Crippen LogP contribution in [0.4, 0.5) is 0 Å². The Balaban J connectivity index is -0.0000000483. The number of likely N-dealkylation sites (N-methyl/N-ethyl adjacent to an activating group) is 11. The summed E-state index contributed by atoms with van der Waals surface area (Å²) in [5.74, 6) is 2.02. The molecular formula is C68H122N12O34. The van der Waals surface area contributed by atoms with E-state index in [1.165, 1.54) is 0 Å². The van der Waals surface area contributed by atoms with E-state index in [0.717, 1.165) is 117 Å². The zero-order valence-corrected chi connectivity index (χ0v) is 70.6. The Bertz CT molecular complexity index is 2220. The van der Waals surface area contributed by atoms with Crippen LogP contribution in [0.1, 0.15) is 76.2 Å². The van der Waals surface area contributed by atoms with E-state index >= 15 is 0 Å². The molecule has 0 radical (unpaired) electrons. The van der Waals surface area contributed by atoms with Crippen molar-refractivity contribution in [2.75, 3.05) is 224 Å². The predicted octanol–water partition coefficient (Wildman–Crippen LogP) is -4.45. The quantitative estimate of drug-likeness (QED) is 0.0635. The van der Waals surface area contributed by atoms with Crippen LogP contribution in [0.2, 0.25) is 0 Å². The molecule has 0 heterocycles. The lowest BCUT2D eigenvalue weighted by molar-refractivity contribution is -0.193. The highest BCUT2D eigenvalue weighted by Crippen LogP contribution is 2.11. The van der Waals surface area contributed by atoms with Gasteiger partial charge in [0.1, 0.15) is 0 Å². The summed E-state index contributed by atoms with van der Waals surface area (Å²) in [5.41, 5.74) is 0. The minimum absolute atomic E-state index is 0.114. The Hall–Kier alpha value is -10.9. The average Bonchev–Trinajstić information content (AvgIpc) is 0.923. The van der Waals surface area contributed by atoms with Crippen molar-refractivity contribution in [3.8, 4) is 0 Å². The lowest BCUT2D eigenvalue weighted by Gasteiger charge is -2.34. The van der Waals surface area contributed by atoms with Gasteiger partial charge in [0, 0.05) is 116 Å². The van der Waals surface area contributed by atoms with E-state index in [0.29, 0.717) is 35.9 Å². The molecule has 0 saturated carbocycles. The highest BCUT2D eigenvalue weighted by Gasteiger charge is 2.20. The van der Waals surface area contributed by atoms with E-state index in [2.05, 4.69) is 229 Å². The summed E-state index contributed by atoms with van der Waals surface area (Å²) in [4.78, 5) is 298. The normalized spacial score (nSPS) is 9.11. The van der Waals surface area contributed by atoms with Gasteiger partial charge in [-0.15, -0.1) is 0 Å². The zero-order chi connectivity index (χ0) is 95.6. The molecule has 0 aliphatic heterocycles. The number of nitrogens with zero attached hydrogens (tertiary/aromatic N) is 12. The summed E-state index contributed by atoms with van der Waals surface area (Å²) in [6, 6.07) is 1.97. The summed E-state index contributed by atoms with van der Waals surface area (Å²) in [5, 5.41) is 8.71. The summed E-state index contributed by atoms with van der Waals surface area (Å²) in [6.07, 6.45) is 4.00. The van der Waals surface area contributed by atoms with Crippen LogP contribution in [0.3, 0.4) is 0 Å². The highest BCUT2D eigenvalue weighted by molar-refractivity contribution is 5.69. The third kappa shape index (κ3) is 254. The van der Waals surface area contributed by atoms with Crippen LogP contribution in [-0.2, 0) is 158 Å². The SMILES string of the molecule is CC(C)C(C)N(C)CCN(C)CCN(C)C.CC(C)CN(CCN(C)C)CCN(C)CC(=O)O.CCN(C)CCN(C)C(CN(C)C)C(C)C.CCN(C)CCN(C)CC(C(C)C)N(C)C.O=C=O.O=C=O.O=C=O.O=C=O.O=C=O.O=C=O.O=C=O.O=C=O.O=C=O.O=C=O.O=C=O.O=C=O.O=C=O.O=C=O.O=C=O.O=C=O. The molecule has 0 aromatic carbocycles. The van der Waals surface area contributed by atoms with Gasteiger partial charge in [-0.05, 0) is 149 Å². The van der Waals surface area contributed by atoms with Crippen LogP contribution in [0, 0.1) is 23.7 Å². The van der Waals surface area contributed by atoms with Crippen molar-refractivity contribution < 1.29 is 163 Å². The molecule has 0 fully saturated rings. The maximum atomic E-state index is 10.6. The minimum Gasteiger partial charge on any atom is -0.480 e.